The summed E-state index contributed by atoms with van der Waals surface area (Å²) in [5.41, 5.74) is 9.22. The first kappa shape index (κ1) is 27.0. The molecule has 0 saturated carbocycles. The molecule has 0 radical (unpaired) electrons. The molecule has 4 N–H and O–H groups in total. The average molecular weight is 537 g/mol. The van der Waals surface area contributed by atoms with Crippen LogP contribution in [0.15, 0.2) is 71.7 Å². The predicted molar refractivity (Wildman–Crippen MR) is 152 cm³/mol. The van der Waals surface area contributed by atoms with Gasteiger partial charge in [-0.05, 0) is 44.2 Å². The van der Waals surface area contributed by atoms with E-state index in [-0.39, 0.29) is 19.0 Å². The van der Waals surface area contributed by atoms with Gasteiger partial charge >= 0.3 is 0 Å². The minimum Gasteiger partial charge on any atom is -0.494 e. The SMILES string of the molecule is CCOc1cc2[nH]c(O)c(C(=Nc3ccc(N(CCN)S(C)(=O)=O)cc3)c3ccccc3)c2cc1OCC. The molecule has 38 heavy (non-hydrogen) atoms. The zero-order valence-electron chi connectivity index (χ0n) is 21.6. The molecule has 4 rings (SSSR count). The molecule has 0 aliphatic rings. The molecule has 200 valence electrons. The number of hydrogen-bond acceptors (Lipinski definition) is 7. The zero-order valence-corrected chi connectivity index (χ0v) is 22.5. The van der Waals surface area contributed by atoms with E-state index in [0.29, 0.717) is 52.9 Å². The molecule has 0 aliphatic carbocycles. The summed E-state index contributed by atoms with van der Waals surface area (Å²) in [7, 11) is -3.48. The number of rotatable bonds is 11. The van der Waals surface area contributed by atoms with Crippen LogP contribution in [-0.4, -0.2) is 56.8 Å². The number of aromatic amines is 1. The topological polar surface area (TPSA) is 130 Å². The second-order valence-electron chi connectivity index (χ2n) is 8.53. The lowest BCUT2D eigenvalue weighted by atomic mass is 10.0. The van der Waals surface area contributed by atoms with Crippen molar-refractivity contribution in [2.24, 2.45) is 10.7 Å². The van der Waals surface area contributed by atoms with Crippen LogP contribution in [0.25, 0.3) is 10.9 Å². The molecule has 1 heterocycles. The first-order chi connectivity index (χ1) is 18.3. The third-order valence-corrected chi connectivity index (χ3v) is 7.03. The third-order valence-electron chi connectivity index (χ3n) is 5.84. The maximum absolute atomic E-state index is 12.2. The number of sulfonamides is 1. The van der Waals surface area contributed by atoms with E-state index in [9.17, 15) is 13.5 Å². The lowest BCUT2D eigenvalue weighted by Gasteiger charge is -2.21. The Morgan fingerprint density at radius 3 is 2.21 bits per heavy atom. The van der Waals surface area contributed by atoms with Crippen LogP contribution in [0.4, 0.5) is 11.4 Å². The summed E-state index contributed by atoms with van der Waals surface area (Å²) in [5.74, 6) is 1.11. The van der Waals surface area contributed by atoms with Crippen molar-refractivity contribution in [1.29, 1.82) is 0 Å². The van der Waals surface area contributed by atoms with Gasteiger partial charge in [0.15, 0.2) is 17.4 Å². The van der Waals surface area contributed by atoms with Gasteiger partial charge in [0.25, 0.3) is 0 Å². The molecule has 4 aromatic rings. The molecule has 0 aliphatic heterocycles. The van der Waals surface area contributed by atoms with Gasteiger partial charge in [-0.25, -0.2) is 13.4 Å². The number of fused-ring (bicyclic) bond motifs is 1. The summed E-state index contributed by atoms with van der Waals surface area (Å²) in [6.07, 6.45) is 1.15. The fraction of sp³-hybridized carbons (Fsp3) is 0.250. The lowest BCUT2D eigenvalue weighted by molar-refractivity contribution is 0.288. The molecular weight excluding hydrogens is 504 g/mol. The Bertz CT molecular complexity index is 1530. The van der Waals surface area contributed by atoms with Crippen LogP contribution in [0.5, 0.6) is 17.4 Å². The van der Waals surface area contributed by atoms with E-state index >= 15 is 0 Å². The highest BCUT2D eigenvalue weighted by atomic mass is 32.2. The minimum absolute atomic E-state index is 0.0403. The maximum Gasteiger partial charge on any atom is 0.232 e. The monoisotopic (exact) mass is 536 g/mol. The van der Waals surface area contributed by atoms with Gasteiger partial charge in [0.1, 0.15) is 0 Å². The van der Waals surface area contributed by atoms with Gasteiger partial charge in [-0.3, -0.25) is 4.31 Å². The maximum atomic E-state index is 12.2. The number of aliphatic imine (C=N–C) groups is 1. The predicted octanol–water partition coefficient (Wildman–Crippen LogP) is 4.56. The van der Waals surface area contributed by atoms with Crippen LogP contribution in [0.1, 0.15) is 25.0 Å². The van der Waals surface area contributed by atoms with Crippen LogP contribution in [0, 0.1) is 0 Å². The molecule has 0 saturated heterocycles. The Balaban J connectivity index is 1.87. The molecule has 0 amide bonds. The highest BCUT2D eigenvalue weighted by Gasteiger charge is 2.22. The fourth-order valence-electron chi connectivity index (χ4n) is 4.25. The molecule has 0 unspecified atom stereocenters. The van der Waals surface area contributed by atoms with Gasteiger partial charge in [0.2, 0.25) is 10.0 Å². The number of nitrogens with one attached hydrogen (secondary N) is 1. The summed E-state index contributed by atoms with van der Waals surface area (Å²) in [4.78, 5) is 7.94. The number of aromatic hydroxyl groups is 1. The third kappa shape index (κ3) is 5.76. The van der Waals surface area contributed by atoms with Crippen LogP contribution >= 0.6 is 0 Å². The number of anilines is 1. The number of H-pyrrole nitrogens is 1. The number of benzene rings is 3. The molecule has 0 fully saturated rings. The highest BCUT2D eigenvalue weighted by Crippen LogP contribution is 2.39. The fourth-order valence-corrected chi connectivity index (χ4v) is 5.19. The zero-order chi connectivity index (χ0) is 27.3. The van der Waals surface area contributed by atoms with Crippen molar-refractivity contribution in [3.05, 3.63) is 77.9 Å². The average Bonchev–Trinajstić information content (AvgIpc) is 3.21. The molecule has 0 atom stereocenters. The summed E-state index contributed by atoms with van der Waals surface area (Å²) in [6.45, 7) is 5.09. The summed E-state index contributed by atoms with van der Waals surface area (Å²) in [6, 6.07) is 20.0. The van der Waals surface area contributed by atoms with Crippen molar-refractivity contribution in [2.75, 3.05) is 36.9 Å². The first-order valence-corrected chi connectivity index (χ1v) is 14.2. The van der Waals surface area contributed by atoms with E-state index in [4.69, 9.17) is 20.2 Å². The molecule has 0 bridgehead atoms. The van der Waals surface area contributed by atoms with Crippen LogP contribution in [0.2, 0.25) is 0 Å². The Hall–Kier alpha value is -4.02. The molecule has 0 spiro atoms. The summed E-state index contributed by atoms with van der Waals surface area (Å²) < 4.78 is 37.3. The van der Waals surface area contributed by atoms with E-state index in [1.807, 2.05) is 56.3 Å². The van der Waals surface area contributed by atoms with Crippen molar-refractivity contribution >= 4 is 38.0 Å². The largest absolute Gasteiger partial charge is 0.494 e. The Morgan fingerprint density at radius 1 is 1.00 bits per heavy atom. The standard InChI is InChI=1S/C28H32N4O5S/c1-4-36-24-17-22-23(18-25(24)37-5-2)31-28(33)26(22)27(19-9-7-6-8-10-19)30-20-11-13-21(14-12-20)32(16-15-29)38(3,34)35/h6-14,17-18,31,33H,4-5,15-16,29H2,1-3H3. The Labute approximate surface area is 222 Å². The van der Waals surface area contributed by atoms with Crippen molar-refractivity contribution in [3.63, 3.8) is 0 Å². The quantitative estimate of drug-likeness (QED) is 0.241. The second kappa shape index (κ2) is 11.6. The van der Waals surface area contributed by atoms with E-state index in [1.54, 1.807) is 24.3 Å². The Morgan fingerprint density at radius 2 is 1.63 bits per heavy atom. The van der Waals surface area contributed by atoms with Crippen LogP contribution in [0.3, 0.4) is 0 Å². The number of aromatic nitrogens is 1. The number of hydrogen-bond donors (Lipinski definition) is 3. The van der Waals surface area contributed by atoms with E-state index < -0.39 is 10.0 Å². The number of ether oxygens (including phenoxy) is 2. The van der Waals surface area contributed by atoms with Crippen molar-refractivity contribution in [1.82, 2.24) is 4.98 Å². The minimum atomic E-state index is -3.48. The van der Waals surface area contributed by atoms with Gasteiger partial charge in [-0.15, -0.1) is 0 Å². The van der Waals surface area contributed by atoms with Crippen LogP contribution < -0.4 is 19.5 Å². The smallest absolute Gasteiger partial charge is 0.232 e. The number of nitrogens with zero attached hydrogens (tertiary/aromatic N) is 2. The van der Waals surface area contributed by atoms with Gasteiger partial charge < -0.3 is 25.3 Å². The highest BCUT2D eigenvalue weighted by molar-refractivity contribution is 7.92. The van der Waals surface area contributed by atoms with Crippen LogP contribution in [-0.2, 0) is 10.0 Å². The second-order valence-corrected chi connectivity index (χ2v) is 10.4. The summed E-state index contributed by atoms with van der Waals surface area (Å²) >= 11 is 0. The van der Waals surface area contributed by atoms with Crippen molar-refractivity contribution in [2.45, 2.75) is 13.8 Å². The first-order valence-electron chi connectivity index (χ1n) is 12.3. The van der Waals surface area contributed by atoms with E-state index in [1.165, 1.54) is 4.31 Å². The van der Waals surface area contributed by atoms with Gasteiger partial charge in [0.05, 0.1) is 47.6 Å². The van der Waals surface area contributed by atoms with Gasteiger partial charge in [-0.1, -0.05) is 30.3 Å². The van der Waals surface area contributed by atoms with E-state index in [2.05, 4.69) is 4.98 Å². The molecule has 3 aromatic carbocycles. The Kier molecular flexibility index (Phi) is 8.23. The lowest BCUT2D eigenvalue weighted by Crippen LogP contribution is -2.34. The van der Waals surface area contributed by atoms with Crippen molar-refractivity contribution < 1.29 is 23.0 Å². The van der Waals surface area contributed by atoms with Gasteiger partial charge in [-0.2, -0.15) is 0 Å². The van der Waals surface area contributed by atoms with E-state index in [0.717, 1.165) is 17.2 Å². The molecule has 9 nitrogen and oxygen atoms in total. The van der Waals surface area contributed by atoms with Gasteiger partial charge in [0, 0.05) is 30.1 Å². The normalized spacial score (nSPS) is 12.1. The molecule has 10 heteroatoms. The summed E-state index contributed by atoms with van der Waals surface area (Å²) in [5, 5.41) is 11.8. The number of nitrogens with two attached hydrogens (primary N) is 1. The molecular formula is C28H32N4O5S. The van der Waals surface area contributed by atoms with Crippen molar-refractivity contribution in [3.8, 4) is 17.4 Å². The molecule has 1 aromatic heterocycles.